The molecule has 0 amide bonds. The van der Waals surface area contributed by atoms with Crippen LogP contribution in [0.15, 0.2) is 49.1 Å². The second kappa shape index (κ2) is 4.85. The number of nitrogens with zero attached hydrogens (tertiary/aromatic N) is 4. The molecule has 0 saturated heterocycles. The van der Waals surface area contributed by atoms with Crippen molar-refractivity contribution in [2.75, 3.05) is 0 Å². The molecule has 0 aliphatic carbocycles. The van der Waals surface area contributed by atoms with Crippen molar-refractivity contribution < 1.29 is 9.13 Å². The second-order valence-corrected chi connectivity index (χ2v) is 5.39. The van der Waals surface area contributed by atoms with Gasteiger partial charge in [0.05, 0.1) is 0 Å². The van der Waals surface area contributed by atoms with Gasteiger partial charge in [-0.25, -0.2) is 9.13 Å². The molecular weight excluding hydrogens is 256 g/mol. The quantitative estimate of drug-likeness (QED) is 0.662. The van der Waals surface area contributed by atoms with Gasteiger partial charge in [-0.05, 0) is 0 Å². The first kappa shape index (κ1) is 11.9. The minimum absolute atomic E-state index is 0.948. The summed E-state index contributed by atoms with van der Waals surface area (Å²) in [5, 5.41) is 10.4. The first-order chi connectivity index (χ1) is 9.22. The van der Waals surface area contributed by atoms with E-state index in [1.165, 1.54) is 0 Å². The molecule has 19 heavy (non-hydrogen) atoms. The second-order valence-electron chi connectivity index (χ2n) is 4.42. The molecule has 0 aliphatic heterocycles. The minimum Gasteiger partial charge on any atom is -0.208 e. The highest BCUT2D eigenvalue weighted by Crippen LogP contribution is 2.28. The van der Waals surface area contributed by atoms with E-state index in [1.54, 1.807) is 11.3 Å². The molecule has 0 radical (unpaired) electrons. The highest BCUT2D eigenvalue weighted by atomic mass is 32.1. The lowest BCUT2D eigenvalue weighted by molar-refractivity contribution is -0.671. The van der Waals surface area contributed by atoms with Crippen molar-refractivity contribution in [3.05, 3.63) is 49.1 Å². The van der Waals surface area contributed by atoms with E-state index in [4.69, 9.17) is 0 Å². The van der Waals surface area contributed by atoms with Crippen LogP contribution in [0.25, 0.3) is 21.1 Å². The molecule has 3 rings (SSSR count). The fourth-order valence-electron chi connectivity index (χ4n) is 1.74. The first-order valence-electron chi connectivity index (χ1n) is 5.97. The number of pyridine rings is 2. The normalized spacial score (nSPS) is 10.6. The average molecular weight is 270 g/mol. The Morgan fingerprint density at radius 2 is 1.11 bits per heavy atom. The molecule has 94 valence electrons. The Morgan fingerprint density at radius 3 is 1.47 bits per heavy atom. The van der Waals surface area contributed by atoms with E-state index in [0.717, 1.165) is 21.1 Å². The summed E-state index contributed by atoms with van der Waals surface area (Å²) < 4.78 is 4.01. The Balaban J connectivity index is 1.95. The van der Waals surface area contributed by atoms with E-state index < -0.39 is 0 Å². The molecule has 3 heterocycles. The van der Waals surface area contributed by atoms with Crippen molar-refractivity contribution in [1.82, 2.24) is 10.2 Å². The van der Waals surface area contributed by atoms with Gasteiger partial charge >= 0.3 is 0 Å². The third-order valence-electron chi connectivity index (χ3n) is 2.88. The SMILES string of the molecule is C[n+]1ccc(-c2nnc(-c3cc[n+](C)cc3)s2)cc1. The van der Waals surface area contributed by atoms with Crippen LogP contribution in [0.1, 0.15) is 0 Å². The molecule has 0 aliphatic rings. The van der Waals surface area contributed by atoms with E-state index in [9.17, 15) is 0 Å². The van der Waals surface area contributed by atoms with Gasteiger partial charge in [-0.3, -0.25) is 0 Å². The van der Waals surface area contributed by atoms with Crippen LogP contribution < -0.4 is 9.13 Å². The molecule has 0 fully saturated rings. The number of aromatic nitrogens is 4. The number of aryl methyl sites for hydroxylation is 2. The third-order valence-corrected chi connectivity index (χ3v) is 3.90. The fourth-order valence-corrected chi connectivity index (χ4v) is 2.60. The van der Waals surface area contributed by atoms with Crippen molar-refractivity contribution in [1.29, 1.82) is 0 Å². The van der Waals surface area contributed by atoms with Crippen molar-refractivity contribution in [3.8, 4) is 21.1 Å². The Morgan fingerprint density at radius 1 is 0.737 bits per heavy atom. The molecule has 0 spiro atoms. The van der Waals surface area contributed by atoms with E-state index in [1.807, 2.05) is 48.0 Å². The Kier molecular flexibility index (Phi) is 3.05. The molecule has 3 aromatic rings. The van der Waals surface area contributed by atoms with Crippen molar-refractivity contribution in [3.63, 3.8) is 0 Å². The summed E-state index contributed by atoms with van der Waals surface area (Å²) in [7, 11) is 4.00. The lowest BCUT2D eigenvalue weighted by Crippen LogP contribution is -2.25. The molecule has 0 N–H and O–H groups in total. The fraction of sp³-hybridized carbons (Fsp3) is 0.143. The smallest absolute Gasteiger partial charge is 0.169 e. The van der Waals surface area contributed by atoms with E-state index in [0.29, 0.717) is 0 Å². The Bertz CT molecular complexity index is 626. The third kappa shape index (κ3) is 2.51. The maximum absolute atomic E-state index is 4.27. The summed E-state index contributed by atoms with van der Waals surface area (Å²) in [6.07, 6.45) is 8.05. The highest BCUT2D eigenvalue weighted by Gasteiger charge is 2.10. The molecule has 3 aromatic heterocycles. The van der Waals surface area contributed by atoms with Gasteiger partial charge in [0.25, 0.3) is 0 Å². The van der Waals surface area contributed by atoms with E-state index in [2.05, 4.69) is 34.5 Å². The largest absolute Gasteiger partial charge is 0.208 e. The summed E-state index contributed by atoms with van der Waals surface area (Å²) in [5.41, 5.74) is 2.20. The average Bonchev–Trinajstić information content (AvgIpc) is 2.90. The molecule has 5 heteroatoms. The van der Waals surface area contributed by atoms with Gasteiger partial charge in [0.15, 0.2) is 24.8 Å². The van der Waals surface area contributed by atoms with Crippen LogP contribution >= 0.6 is 11.3 Å². The molecule has 4 nitrogen and oxygen atoms in total. The van der Waals surface area contributed by atoms with Crippen LogP contribution in [0.3, 0.4) is 0 Å². The molecule has 0 aromatic carbocycles. The summed E-state index contributed by atoms with van der Waals surface area (Å²) in [6, 6.07) is 8.20. The van der Waals surface area contributed by atoms with Crippen molar-refractivity contribution in [2.24, 2.45) is 14.1 Å². The minimum atomic E-state index is 0.948. The number of hydrogen-bond acceptors (Lipinski definition) is 3. The zero-order valence-corrected chi connectivity index (χ0v) is 11.6. The zero-order valence-electron chi connectivity index (χ0n) is 10.8. The molecule has 0 atom stereocenters. The van der Waals surface area contributed by atoms with E-state index in [-0.39, 0.29) is 0 Å². The number of rotatable bonds is 2. The Labute approximate surface area is 115 Å². The van der Waals surface area contributed by atoms with Gasteiger partial charge in [0.1, 0.15) is 24.1 Å². The van der Waals surface area contributed by atoms with Gasteiger partial charge in [-0.15, -0.1) is 10.2 Å². The summed E-state index contributed by atoms with van der Waals surface area (Å²) in [5.74, 6) is 0. The van der Waals surface area contributed by atoms with Crippen LogP contribution in [-0.4, -0.2) is 10.2 Å². The monoisotopic (exact) mass is 270 g/mol. The lowest BCUT2D eigenvalue weighted by Gasteiger charge is -1.93. The summed E-state index contributed by atoms with van der Waals surface area (Å²) >= 11 is 1.61. The van der Waals surface area contributed by atoms with Crippen molar-refractivity contribution >= 4 is 11.3 Å². The molecular formula is C14H14N4S+2. The summed E-state index contributed by atoms with van der Waals surface area (Å²) in [6.45, 7) is 0. The number of hydrogen-bond donors (Lipinski definition) is 0. The van der Waals surface area contributed by atoms with Crippen LogP contribution in [0.5, 0.6) is 0 Å². The summed E-state index contributed by atoms with van der Waals surface area (Å²) in [4.78, 5) is 0. The predicted molar refractivity (Wildman–Crippen MR) is 73.1 cm³/mol. The van der Waals surface area contributed by atoms with Crippen molar-refractivity contribution in [2.45, 2.75) is 0 Å². The molecule has 0 saturated carbocycles. The lowest BCUT2D eigenvalue weighted by atomic mass is 10.3. The topological polar surface area (TPSA) is 33.5 Å². The van der Waals surface area contributed by atoms with Crippen LogP contribution in [0, 0.1) is 0 Å². The predicted octanol–water partition coefficient (Wildman–Crippen LogP) is 1.52. The van der Waals surface area contributed by atoms with E-state index >= 15 is 0 Å². The van der Waals surface area contributed by atoms with Crippen LogP contribution in [-0.2, 0) is 14.1 Å². The maximum Gasteiger partial charge on any atom is 0.169 e. The maximum atomic E-state index is 4.27. The van der Waals surface area contributed by atoms with Crippen LogP contribution in [0.2, 0.25) is 0 Å². The van der Waals surface area contributed by atoms with Gasteiger partial charge in [0.2, 0.25) is 0 Å². The molecule has 0 bridgehead atoms. The standard InChI is InChI=1S/C14H14N4S/c1-17-7-3-11(4-8-17)13-15-16-14(19-13)12-5-9-18(2)10-6-12/h3-10H,1-2H3/q+2. The highest BCUT2D eigenvalue weighted by molar-refractivity contribution is 7.17. The first-order valence-corrected chi connectivity index (χ1v) is 6.79. The zero-order chi connectivity index (χ0) is 13.2. The molecule has 0 unspecified atom stereocenters. The van der Waals surface area contributed by atoms with Crippen LogP contribution in [0.4, 0.5) is 0 Å². The van der Waals surface area contributed by atoms with Gasteiger partial charge in [0, 0.05) is 35.4 Å². The van der Waals surface area contributed by atoms with Gasteiger partial charge in [-0.1, -0.05) is 11.3 Å². The van der Waals surface area contributed by atoms with Gasteiger partial charge in [-0.2, -0.15) is 0 Å². The van der Waals surface area contributed by atoms with Gasteiger partial charge < -0.3 is 0 Å². The Hall–Kier alpha value is -2.14.